The SMILES string of the molecule is CCCC1CCN(CCNCC)CC1. The molecule has 1 saturated heterocycles. The van der Waals surface area contributed by atoms with Crippen LogP contribution in [0.25, 0.3) is 0 Å². The molecule has 0 unspecified atom stereocenters. The third-order valence-corrected chi connectivity index (χ3v) is 3.26. The number of hydrogen-bond donors (Lipinski definition) is 1. The molecule has 2 heteroatoms. The molecule has 0 spiro atoms. The molecule has 84 valence electrons. The predicted molar refractivity (Wildman–Crippen MR) is 62.6 cm³/mol. The molecule has 2 nitrogen and oxygen atoms in total. The lowest BCUT2D eigenvalue weighted by atomic mass is 9.92. The number of likely N-dealkylation sites (N-methyl/N-ethyl adjacent to an activating group) is 1. The molecule has 14 heavy (non-hydrogen) atoms. The summed E-state index contributed by atoms with van der Waals surface area (Å²) in [5.74, 6) is 1.02. The lowest BCUT2D eigenvalue weighted by Gasteiger charge is -2.31. The highest BCUT2D eigenvalue weighted by Crippen LogP contribution is 2.21. The van der Waals surface area contributed by atoms with E-state index in [4.69, 9.17) is 0 Å². The Morgan fingerprint density at radius 2 is 1.93 bits per heavy atom. The molecule has 0 saturated carbocycles. The van der Waals surface area contributed by atoms with Gasteiger partial charge >= 0.3 is 0 Å². The third-order valence-electron chi connectivity index (χ3n) is 3.26. The van der Waals surface area contributed by atoms with Crippen molar-refractivity contribution in [3.8, 4) is 0 Å². The van der Waals surface area contributed by atoms with Crippen molar-refractivity contribution in [1.29, 1.82) is 0 Å². The van der Waals surface area contributed by atoms with Gasteiger partial charge in [-0.15, -0.1) is 0 Å². The Kier molecular flexibility index (Phi) is 6.20. The number of likely N-dealkylation sites (tertiary alicyclic amines) is 1. The van der Waals surface area contributed by atoms with Crippen molar-refractivity contribution in [2.75, 3.05) is 32.7 Å². The Bertz CT molecular complexity index is 128. The highest BCUT2D eigenvalue weighted by molar-refractivity contribution is 4.72. The summed E-state index contributed by atoms with van der Waals surface area (Å²) < 4.78 is 0. The third kappa shape index (κ3) is 4.43. The second kappa shape index (κ2) is 7.24. The fourth-order valence-electron chi connectivity index (χ4n) is 2.32. The van der Waals surface area contributed by atoms with Gasteiger partial charge in [-0.05, 0) is 38.4 Å². The summed E-state index contributed by atoms with van der Waals surface area (Å²) in [7, 11) is 0. The molecule has 0 aliphatic carbocycles. The number of nitrogens with one attached hydrogen (secondary N) is 1. The maximum Gasteiger partial charge on any atom is 0.0107 e. The van der Waals surface area contributed by atoms with Crippen molar-refractivity contribution >= 4 is 0 Å². The van der Waals surface area contributed by atoms with Crippen LogP contribution in [0.2, 0.25) is 0 Å². The molecule has 0 aromatic carbocycles. The Hall–Kier alpha value is -0.0800. The minimum Gasteiger partial charge on any atom is -0.316 e. The first-order chi connectivity index (χ1) is 6.86. The molecule has 1 aliphatic rings. The zero-order chi connectivity index (χ0) is 10.2. The van der Waals surface area contributed by atoms with Crippen molar-refractivity contribution in [2.45, 2.75) is 39.5 Å². The first-order valence-electron chi connectivity index (χ1n) is 6.29. The van der Waals surface area contributed by atoms with Gasteiger partial charge in [-0.1, -0.05) is 26.7 Å². The van der Waals surface area contributed by atoms with Crippen molar-refractivity contribution in [2.24, 2.45) is 5.92 Å². The molecule has 0 aromatic heterocycles. The van der Waals surface area contributed by atoms with Crippen LogP contribution in [0.15, 0.2) is 0 Å². The Morgan fingerprint density at radius 1 is 1.21 bits per heavy atom. The smallest absolute Gasteiger partial charge is 0.0107 e. The second-order valence-electron chi connectivity index (χ2n) is 4.43. The van der Waals surface area contributed by atoms with Gasteiger partial charge in [0.2, 0.25) is 0 Å². The van der Waals surface area contributed by atoms with Crippen molar-refractivity contribution < 1.29 is 0 Å². The van der Waals surface area contributed by atoms with Crippen LogP contribution in [0.4, 0.5) is 0 Å². The summed E-state index contributed by atoms with van der Waals surface area (Å²) in [6.45, 7) is 10.6. The van der Waals surface area contributed by atoms with Crippen LogP contribution in [-0.2, 0) is 0 Å². The maximum atomic E-state index is 3.39. The summed E-state index contributed by atoms with van der Waals surface area (Å²) in [6.07, 6.45) is 5.67. The van der Waals surface area contributed by atoms with E-state index < -0.39 is 0 Å². The molecule has 1 rings (SSSR count). The standard InChI is InChI=1S/C12H26N2/c1-3-5-12-6-9-14(10-7-12)11-8-13-4-2/h12-13H,3-11H2,1-2H3. The molecule has 0 amide bonds. The molecule has 1 aliphatic heterocycles. The van der Waals surface area contributed by atoms with Crippen molar-refractivity contribution in [1.82, 2.24) is 10.2 Å². The van der Waals surface area contributed by atoms with Crippen LogP contribution < -0.4 is 5.32 Å². The van der Waals surface area contributed by atoms with E-state index in [0.717, 1.165) is 19.0 Å². The summed E-state index contributed by atoms with van der Waals surface area (Å²) in [5.41, 5.74) is 0. The normalized spacial score (nSPS) is 20.1. The first kappa shape index (κ1) is 12.0. The lowest BCUT2D eigenvalue weighted by Crippen LogP contribution is -2.38. The summed E-state index contributed by atoms with van der Waals surface area (Å²) in [6, 6.07) is 0. The molecule has 1 N–H and O–H groups in total. The van der Waals surface area contributed by atoms with Crippen LogP contribution >= 0.6 is 0 Å². The highest BCUT2D eigenvalue weighted by atomic mass is 15.1. The molecule has 1 fully saturated rings. The summed E-state index contributed by atoms with van der Waals surface area (Å²) in [5, 5.41) is 3.39. The molecular formula is C12H26N2. The van der Waals surface area contributed by atoms with E-state index in [0.29, 0.717) is 0 Å². The number of rotatable bonds is 6. The van der Waals surface area contributed by atoms with Gasteiger partial charge in [0.1, 0.15) is 0 Å². The number of hydrogen-bond acceptors (Lipinski definition) is 2. The van der Waals surface area contributed by atoms with E-state index >= 15 is 0 Å². The minimum absolute atomic E-state index is 1.02. The van der Waals surface area contributed by atoms with Gasteiger partial charge in [0, 0.05) is 13.1 Å². The van der Waals surface area contributed by atoms with Gasteiger partial charge in [0.15, 0.2) is 0 Å². The van der Waals surface area contributed by atoms with Gasteiger partial charge in [0.25, 0.3) is 0 Å². The van der Waals surface area contributed by atoms with E-state index in [2.05, 4.69) is 24.1 Å². The van der Waals surface area contributed by atoms with Crippen LogP contribution in [-0.4, -0.2) is 37.6 Å². The van der Waals surface area contributed by atoms with Crippen molar-refractivity contribution in [3.63, 3.8) is 0 Å². The van der Waals surface area contributed by atoms with E-state index in [1.54, 1.807) is 0 Å². The average Bonchev–Trinajstić information content (AvgIpc) is 2.21. The monoisotopic (exact) mass is 198 g/mol. The molecule has 1 heterocycles. The largest absolute Gasteiger partial charge is 0.316 e. The Morgan fingerprint density at radius 3 is 2.50 bits per heavy atom. The van der Waals surface area contributed by atoms with E-state index in [-0.39, 0.29) is 0 Å². The van der Waals surface area contributed by atoms with Gasteiger partial charge in [-0.25, -0.2) is 0 Å². The fraction of sp³-hybridized carbons (Fsp3) is 1.00. The molecular weight excluding hydrogens is 172 g/mol. The molecule has 0 bridgehead atoms. The first-order valence-corrected chi connectivity index (χ1v) is 6.29. The van der Waals surface area contributed by atoms with Crippen LogP contribution in [0.3, 0.4) is 0 Å². The molecule has 0 radical (unpaired) electrons. The fourth-order valence-corrected chi connectivity index (χ4v) is 2.32. The van der Waals surface area contributed by atoms with Crippen LogP contribution in [0.5, 0.6) is 0 Å². The zero-order valence-corrected chi connectivity index (χ0v) is 9.89. The minimum atomic E-state index is 1.02. The predicted octanol–water partition coefficient (Wildman–Crippen LogP) is 2.11. The highest BCUT2D eigenvalue weighted by Gasteiger charge is 2.17. The van der Waals surface area contributed by atoms with Crippen LogP contribution in [0, 0.1) is 5.92 Å². The summed E-state index contributed by atoms with van der Waals surface area (Å²) >= 11 is 0. The van der Waals surface area contributed by atoms with Gasteiger partial charge < -0.3 is 10.2 Å². The number of nitrogens with zero attached hydrogens (tertiary/aromatic N) is 1. The molecule has 0 aromatic rings. The quantitative estimate of drug-likeness (QED) is 0.658. The Labute approximate surface area is 89.1 Å². The van der Waals surface area contributed by atoms with Crippen LogP contribution in [0.1, 0.15) is 39.5 Å². The topological polar surface area (TPSA) is 15.3 Å². The van der Waals surface area contributed by atoms with Crippen molar-refractivity contribution in [3.05, 3.63) is 0 Å². The summed E-state index contributed by atoms with van der Waals surface area (Å²) in [4.78, 5) is 2.61. The lowest BCUT2D eigenvalue weighted by molar-refractivity contribution is 0.179. The van der Waals surface area contributed by atoms with Gasteiger partial charge in [-0.2, -0.15) is 0 Å². The number of piperidine rings is 1. The maximum absolute atomic E-state index is 3.39. The molecule has 0 atom stereocenters. The van der Waals surface area contributed by atoms with E-state index in [1.807, 2.05) is 0 Å². The Balaban J connectivity index is 2.03. The second-order valence-corrected chi connectivity index (χ2v) is 4.43. The van der Waals surface area contributed by atoms with Gasteiger partial charge in [0.05, 0.1) is 0 Å². The van der Waals surface area contributed by atoms with E-state index in [1.165, 1.54) is 45.3 Å². The average molecular weight is 198 g/mol. The van der Waals surface area contributed by atoms with E-state index in [9.17, 15) is 0 Å². The van der Waals surface area contributed by atoms with Gasteiger partial charge in [-0.3, -0.25) is 0 Å². The zero-order valence-electron chi connectivity index (χ0n) is 9.89.